The Morgan fingerprint density at radius 1 is 0.941 bits per heavy atom. The fourth-order valence-corrected chi connectivity index (χ4v) is 5.09. The van der Waals surface area contributed by atoms with E-state index in [2.05, 4.69) is 10.6 Å². The summed E-state index contributed by atoms with van der Waals surface area (Å²) >= 11 is 0. The van der Waals surface area contributed by atoms with Gasteiger partial charge in [0.15, 0.2) is 0 Å². The Morgan fingerprint density at radius 3 is 2.16 bits per heavy atom. The molecule has 5 atom stereocenters. The summed E-state index contributed by atoms with van der Waals surface area (Å²) in [6.07, 6.45) is 1.20. The first-order chi connectivity index (χ1) is 24.1. The number of carbonyl (C=O) groups excluding carboxylic acids is 6. The molecule has 2 aromatic rings. The molecule has 4 amide bonds. The van der Waals surface area contributed by atoms with Gasteiger partial charge in [-0.05, 0) is 49.8 Å². The molecular weight excluding hydrogens is 658 g/mol. The van der Waals surface area contributed by atoms with Gasteiger partial charge in [0.25, 0.3) is 0 Å². The first-order valence-corrected chi connectivity index (χ1v) is 17.2. The number of benzene rings is 2. The van der Waals surface area contributed by atoms with Gasteiger partial charge in [0.05, 0.1) is 11.6 Å². The van der Waals surface area contributed by atoms with E-state index in [4.69, 9.17) is 20.9 Å². The van der Waals surface area contributed by atoms with Gasteiger partial charge in [0, 0.05) is 25.5 Å². The van der Waals surface area contributed by atoms with Gasteiger partial charge in [-0.25, -0.2) is 14.5 Å². The highest BCUT2D eigenvalue weighted by Crippen LogP contribution is 2.24. The summed E-state index contributed by atoms with van der Waals surface area (Å²) in [4.78, 5) is 78.6. The zero-order valence-electron chi connectivity index (χ0n) is 30.3. The third-order valence-corrected chi connectivity index (χ3v) is 8.53. The zero-order valence-corrected chi connectivity index (χ0v) is 30.3. The molecule has 0 aliphatic heterocycles. The van der Waals surface area contributed by atoms with E-state index in [9.17, 15) is 33.9 Å². The number of hydrogen-bond donors (Lipinski definition) is 5. The molecule has 0 radical (unpaired) electrons. The van der Waals surface area contributed by atoms with Crippen molar-refractivity contribution in [1.82, 2.24) is 15.5 Å². The molecule has 0 fully saturated rings. The fourth-order valence-electron chi connectivity index (χ4n) is 5.09. The van der Waals surface area contributed by atoms with E-state index in [1.807, 2.05) is 49.4 Å². The third kappa shape index (κ3) is 12.3. The molecule has 0 bridgehead atoms. The van der Waals surface area contributed by atoms with Crippen molar-refractivity contribution in [2.45, 2.75) is 97.5 Å². The highest BCUT2D eigenvalue weighted by atomic mass is 16.6. The van der Waals surface area contributed by atoms with Crippen molar-refractivity contribution in [1.29, 1.82) is 0 Å². The lowest BCUT2D eigenvalue weighted by atomic mass is 9.85. The monoisotopic (exact) mass is 711 g/mol. The van der Waals surface area contributed by atoms with Crippen molar-refractivity contribution >= 4 is 35.8 Å². The van der Waals surface area contributed by atoms with Crippen molar-refractivity contribution in [2.24, 2.45) is 23.3 Å². The Kier molecular flexibility index (Phi) is 16.9. The topological polar surface area (TPSA) is 220 Å². The highest BCUT2D eigenvalue weighted by Gasteiger charge is 2.41. The second-order valence-electron chi connectivity index (χ2n) is 13.1. The van der Waals surface area contributed by atoms with Crippen molar-refractivity contribution in [3.8, 4) is 11.1 Å². The van der Waals surface area contributed by atoms with Gasteiger partial charge in [-0.1, -0.05) is 88.2 Å². The van der Waals surface area contributed by atoms with Crippen LogP contribution >= 0.6 is 0 Å². The fraction of sp³-hybridized carbons (Fsp3) is 0.514. The summed E-state index contributed by atoms with van der Waals surface area (Å²) in [7, 11) is 0. The van der Waals surface area contributed by atoms with Crippen LogP contribution in [0.15, 0.2) is 54.6 Å². The molecule has 51 heavy (non-hydrogen) atoms. The van der Waals surface area contributed by atoms with Crippen molar-refractivity contribution in [3.63, 3.8) is 0 Å². The van der Waals surface area contributed by atoms with E-state index in [0.717, 1.165) is 24.0 Å². The Balaban J connectivity index is 2.13. The van der Waals surface area contributed by atoms with E-state index < -0.39 is 77.9 Å². The third-order valence-electron chi connectivity index (χ3n) is 8.53. The molecule has 14 heteroatoms. The number of nitrogens with one attached hydrogen (secondary N) is 2. The summed E-state index contributed by atoms with van der Waals surface area (Å²) in [5.74, 6) is -5.73. The first-order valence-electron chi connectivity index (χ1n) is 17.2. The summed E-state index contributed by atoms with van der Waals surface area (Å²) in [5, 5.41) is 15.2. The smallest absolute Gasteiger partial charge is 0.417 e. The number of unbranched alkanes of at least 4 members (excludes halogenated alkanes) is 2. The molecule has 0 aliphatic carbocycles. The highest BCUT2D eigenvalue weighted by molar-refractivity contribution is 6.00. The number of carbonyl (C=O) groups is 6. The number of nitrogens with two attached hydrogens (primary N) is 2. The molecule has 0 aromatic heterocycles. The molecule has 0 heterocycles. The molecule has 0 saturated heterocycles. The number of esters is 2. The van der Waals surface area contributed by atoms with E-state index in [1.54, 1.807) is 26.0 Å². The average molecular weight is 712 g/mol. The molecular formula is C37H53N5O9. The van der Waals surface area contributed by atoms with Crippen LogP contribution in [0.1, 0.15) is 72.8 Å². The van der Waals surface area contributed by atoms with Crippen LogP contribution in [-0.2, 0) is 40.1 Å². The second kappa shape index (κ2) is 20.3. The Morgan fingerprint density at radius 2 is 1.57 bits per heavy atom. The summed E-state index contributed by atoms with van der Waals surface area (Å²) in [6.45, 7) is 8.03. The van der Waals surface area contributed by atoms with Gasteiger partial charge in [-0.3, -0.25) is 19.2 Å². The molecule has 2 unspecified atom stereocenters. The van der Waals surface area contributed by atoms with Crippen LogP contribution in [0.4, 0.5) is 4.79 Å². The van der Waals surface area contributed by atoms with Gasteiger partial charge >= 0.3 is 18.0 Å². The predicted octanol–water partition coefficient (Wildman–Crippen LogP) is 2.79. The maximum absolute atomic E-state index is 13.3. The van der Waals surface area contributed by atoms with Crippen LogP contribution in [0.3, 0.4) is 0 Å². The van der Waals surface area contributed by atoms with Crippen LogP contribution in [0.2, 0.25) is 0 Å². The lowest BCUT2D eigenvalue weighted by Crippen LogP contribution is -2.63. The van der Waals surface area contributed by atoms with E-state index >= 15 is 0 Å². The van der Waals surface area contributed by atoms with Crippen LogP contribution in [-0.4, -0.2) is 82.6 Å². The normalized spacial score (nSPS) is 14.6. The average Bonchev–Trinajstić information content (AvgIpc) is 3.09. The number of rotatable bonds is 18. The Labute approximate surface area is 299 Å². The van der Waals surface area contributed by atoms with Crippen LogP contribution in [0.25, 0.3) is 11.1 Å². The van der Waals surface area contributed by atoms with Gasteiger partial charge < -0.3 is 36.7 Å². The van der Waals surface area contributed by atoms with Gasteiger partial charge in [0.2, 0.25) is 17.7 Å². The van der Waals surface area contributed by atoms with Crippen LogP contribution < -0.4 is 22.1 Å². The molecule has 280 valence electrons. The SMILES string of the molecule is CCCCCC(=O)OC(=O)C(NC(=O)[C@](C)(N)C(CO)CNC(=O)[C@H](C)N(C(=O)OCc1ccccc1-c1ccccc1)C(=O)[C@H](C)N)C(C)C. The number of aliphatic hydroxyl groups excluding tert-OH is 1. The zero-order chi connectivity index (χ0) is 38.3. The van der Waals surface area contributed by atoms with Crippen molar-refractivity contribution in [3.05, 3.63) is 60.2 Å². The summed E-state index contributed by atoms with van der Waals surface area (Å²) in [5.41, 5.74) is 12.7. The number of hydrogen-bond acceptors (Lipinski definition) is 11. The molecule has 2 aromatic carbocycles. The largest absolute Gasteiger partial charge is 0.444 e. The molecule has 14 nitrogen and oxygen atoms in total. The molecule has 0 saturated carbocycles. The standard InChI is InChI=1S/C37H53N5O9/c1-7-8-10-19-30(44)51-34(47)31(23(2)3)41-35(48)37(6,39)28(21-43)20-40-32(45)25(5)42(33(46)24(4)38)36(49)50-22-27-17-13-14-18-29(27)26-15-11-9-12-16-26/h9,11-18,23-25,28,31,43H,7-8,10,19-22,38-39H2,1-6H3,(H,40,45)(H,41,48)/t24-,25-,28?,31?,37+/m0/s1. The van der Waals surface area contributed by atoms with E-state index in [1.165, 1.54) is 20.8 Å². The van der Waals surface area contributed by atoms with Crippen LogP contribution in [0.5, 0.6) is 0 Å². The van der Waals surface area contributed by atoms with Gasteiger partial charge in [-0.15, -0.1) is 0 Å². The minimum atomic E-state index is -1.84. The van der Waals surface area contributed by atoms with E-state index in [0.29, 0.717) is 16.9 Å². The predicted molar refractivity (Wildman–Crippen MR) is 190 cm³/mol. The van der Waals surface area contributed by atoms with Gasteiger partial charge in [-0.2, -0.15) is 0 Å². The first kappa shape index (κ1) is 42.5. The second-order valence-corrected chi connectivity index (χ2v) is 13.1. The number of imide groups is 1. The lowest BCUT2D eigenvalue weighted by molar-refractivity contribution is -0.163. The molecule has 0 aliphatic rings. The quantitative estimate of drug-likeness (QED) is 0.0860. The van der Waals surface area contributed by atoms with Crippen LogP contribution in [0, 0.1) is 11.8 Å². The van der Waals surface area contributed by atoms with E-state index in [-0.39, 0.29) is 19.6 Å². The van der Waals surface area contributed by atoms with Crippen molar-refractivity contribution in [2.75, 3.05) is 13.2 Å². The number of ether oxygens (including phenoxy) is 2. The van der Waals surface area contributed by atoms with Crippen molar-refractivity contribution < 1.29 is 43.3 Å². The molecule has 7 N–H and O–H groups in total. The molecule has 2 rings (SSSR count). The molecule has 0 spiro atoms. The maximum Gasteiger partial charge on any atom is 0.417 e. The minimum Gasteiger partial charge on any atom is -0.444 e. The number of aliphatic hydroxyl groups is 1. The summed E-state index contributed by atoms with van der Waals surface area (Å²) < 4.78 is 10.5. The Hall–Kier alpha value is -4.66. The minimum absolute atomic E-state index is 0.0603. The van der Waals surface area contributed by atoms with Gasteiger partial charge in [0.1, 0.15) is 18.7 Å². The number of amides is 4. The maximum atomic E-state index is 13.3. The summed E-state index contributed by atoms with van der Waals surface area (Å²) in [6, 6.07) is 12.9. The Bertz CT molecular complexity index is 1500. The lowest BCUT2D eigenvalue weighted by Gasteiger charge is -2.34. The number of nitrogens with zero attached hydrogens (tertiary/aromatic N) is 1.